The third-order valence-corrected chi connectivity index (χ3v) is 5.05. The van der Waals surface area contributed by atoms with Gasteiger partial charge in [0, 0.05) is 24.1 Å². The third kappa shape index (κ3) is 4.72. The summed E-state index contributed by atoms with van der Waals surface area (Å²) >= 11 is 1.35. The van der Waals surface area contributed by atoms with Crippen LogP contribution in [0.25, 0.3) is 6.08 Å². The van der Waals surface area contributed by atoms with Gasteiger partial charge in [-0.15, -0.1) is 11.3 Å². The molecule has 28 heavy (non-hydrogen) atoms. The van der Waals surface area contributed by atoms with Crippen LogP contribution in [0.4, 0.5) is 16.5 Å². The largest absolute Gasteiger partial charge is 0.323 e. The van der Waals surface area contributed by atoms with Crippen molar-refractivity contribution in [1.82, 2.24) is 4.98 Å². The van der Waals surface area contributed by atoms with Crippen LogP contribution in [0, 0.1) is 13.8 Å². The van der Waals surface area contributed by atoms with Crippen molar-refractivity contribution in [2.75, 3.05) is 10.2 Å². The Hall–Kier alpha value is -3.25. The molecule has 6 heteroatoms. The number of aromatic nitrogens is 1. The van der Waals surface area contributed by atoms with E-state index in [-0.39, 0.29) is 11.8 Å². The molecule has 0 fully saturated rings. The van der Waals surface area contributed by atoms with E-state index < -0.39 is 0 Å². The van der Waals surface area contributed by atoms with Gasteiger partial charge in [-0.05, 0) is 55.3 Å². The first-order valence-corrected chi connectivity index (χ1v) is 9.69. The molecule has 3 rings (SSSR count). The minimum absolute atomic E-state index is 0.122. The van der Waals surface area contributed by atoms with Crippen LogP contribution in [-0.4, -0.2) is 16.8 Å². The molecule has 5 nitrogen and oxygen atoms in total. The van der Waals surface area contributed by atoms with Crippen molar-refractivity contribution >= 4 is 45.7 Å². The lowest BCUT2D eigenvalue weighted by atomic mass is 10.1. The number of anilines is 3. The molecule has 1 heterocycles. The number of nitrogens with zero attached hydrogens (tertiary/aromatic N) is 2. The number of benzene rings is 2. The Balaban J connectivity index is 1.71. The van der Waals surface area contributed by atoms with Crippen molar-refractivity contribution in [2.24, 2.45) is 0 Å². The second-order valence-corrected chi connectivity index (χ2v) is 7.20. The van der Waals surface area contributed by atoms with Crippen LogP contribution >= 0.6 is 11.3 Å². The Bertz CT molecular complexity index is 1030. The van der Waals surface area contributed by atoms with Crippen LogP contribution in [0.1, 0.15) is 23.7 Å². The molecule has 0 aliphatic rings. The second-order valence-electron chi connectivity index (χ2n) is 6.37. The van der Waals surface area contributed by atoms with E-state index in [1.165, 1.54) is 29.9 Å². The maximum Gasteiger partial charge on any atom is 0.248 e. The fraction of sp³-hybridized carbons (Fsp3) is 0.136. The molecule has 1 N–H and O–H groups in total. The lowest BCUT2D eigenvalue weighted by Crippen LogP contribution is -2.22. The zero-order valence-electron chi connectivity index (χ0n) is 16.0. The first-order valence-electron chi connectivity index (χ1n) is 8.81. The van der Waals surface area contributed by atoms with Crippen molar-refractivity contribution in [3.05, 3.63) is 76.8 Å². The van der Waals surface area contributed by atoms with E-state index >= 15 is 0 Å². The molecule has 0 saturated heterocycles. The minimum atomic E-state index is -0.232. The number of carbonyl (C=O) groups is 2. The Labute approximate surface area is 168 Å². The molecule has 0 bridgehead atoms. The number of hydrogen-bond acceptors (Lipinski definition) is 4. The number of hydrogen-bond donors (Lipinski definition) is 1. The summed E-state index contributed by atoms with van der Waals surface area (Å²) in [5.74, 6) is -0.354. The molecule has 142 valence electrons. The topological polar surface area (TPSA) is 62.3 Å². The monoisotopic (exact) mass is 391 g/mol. The van der Waals surface area contributed by atoms with Gasteiger partial charge >= 0.3 is 0 Å². The summed E-state index contributed by atoms with van der Waals surface area (Å²) in [6, 6.07) is 15.1. The van der Waals surface area contributed by atoms with E-state index in [4.69, 9.17) is 0 Å². The molecule has 1 aromatic heterocycles. The summed E-state index contributed by atoms with van der Waals surface area (Å²) in [7, 11) is 0. The normalized spacial score (nSPS) is 10.8. The molecule has 0 radical (unpaired) electrons. The van der Waals surface area contributed by atoms with Crippen LogP contribution in [0.5, 0.6) is 0 Å². The van der Waals surface area contributed by atoms with Crippen molar-refractivity contribution in [2.45, 2.75) is 20.8 Å². The predicted molar refractivity (Wildman–Crippen MR) is 115 cm³/mol. The Kier molecular flexibility index (Phi) is 6.01. The van der Waals surface area contributed by atoms with E-state index in [2.05, 4.69) is 10.3 Å². The summed E-state index contributed by atoms with van der Waals surface area (Å²) < 4.78 is 0. The van der Waals surface area contributed by atoms with E-state index in [9.17, 15) is 9.59 Å². The highest BCUT2D eigenvalue weighted by Crippen LogP contribution is 2.29. The summed E-state index contributed by atoms with van der Waals surface area (Å²) in [5, 5.41) is 5.22. The van der Waals surface area contributed by atoms with Gasteiger partial charge in [0.25, 0.3) is 0 Å². The van der Waals surface area contributed by atoms with Gasteiger partial charge in [0.15, 0.2) is 5.13 Å². The second kappa shape index (κ2) is 8.63. The molecule has 0 saturated carbocycles. The summed E-state index contributed by atoms with van der Waals surface area (Å²) in [5.41, 5.74) is 4.43. The zero-order chi connectivity index (χ0) is 20.1. The van der Waals surface area contributed by atoms with Gasteiger partial charge in [0.05, 0.1) is 11.4 Å². The standard InChI is InChI=1S/C22H21N3O2S/c1-15-9-10-18(13-16(15)2)23-21(27)12-11-19-14-28-22(24-19)25(17(3)26)20-7-5-4-6-8-20/h4-14H,1-3H3,(H,23,27)/b12-11+. The van der Waals surface area contributed by atoms with Crippen molar-refractivity contribution in [1.29, 1.82) is 0 Å². The fourth-order valence-electron chi connectivity index (χ4n) is 2.62. The van der Waals surface area contributed by atoms with Gasteiger partial charge in [-0.1, -0.05) is 24.3 Å². The molecule has 0 atom stereocenters. The molecular formula is C22H21N3O2S. The fourth-order valence-corrected chi connectivity index (χ4v) is 3.48. The van der Waals surface area contributed by atoms with Gasteiger partial charge in [-0.25, -0.2) is 4.98 Å². The lowest BCUT2D eigenvalue weighted by molar-refractivity contribution is -0.116. The number of nitrogens with one attached hydrogen (secondary N) is 1. The summed E-state index contributed by atoms with van der Waals surface area (Å²) in [6.45, 7) is 5.53. The molecule has 0 spiro atoms. The number of carbonyl (C=O) groups excluding carboxylic acids is 2. The average Bonchev–Trinajstić information content (AvgIpc) is 3.12. The van der Waals surface area contributed by atoms with Crippen LogP contribution in [0.3, 0.4) is 0 Å². The van der Waals surface area contributed by atoms with Crippen LogP contribution in [0.2, 0.25) is 0 Å². The average molecular weight is 391 g/mol. The van der Waals surface area contributed by atoms with Gasteiger partial charge in [0.2, 0.25) is 11.8 Å². The lowest BCUT2D eigenvalue weighted by Gasteiger charge is -2.17. The highest BCUT2D eigenvalue weighted by Gasteiger charge is 2.17. The number of aryl methyl sites for hydroxylation is 2. The van der Waals surface area contributed by atoms with Gasteiger partial charge in [-0.3, -0.25) is 14.5 Å². The van der Waals surface area contributed by atoms with Gasteiger partial charge < -0.3 is 5.32 Å². The summed E-state index contributed by atoms with van der Waals surface area (Å²) in [6.07, 6.45) is 3.08. The zero-order valence-corrected chi connectivity index (χ0v) is 16.8. The van der Waals surface area contributed by atoms with Crippen molar-refractivity contribution in [3.8, 4) is 0 Å². The maximum atomic E-state index is 12.2. The van der Waals surface area contributed by atoms with Crippen LogP contribution < -0.4 is 10.2 Å². The molecule has 0 unspecified atom stereocenters. The SMILES string of the molecule is CC(=O)N(c1ccccc1)c1nc(/C=C/C(=O)Nc2ccc(C)c(C)c2)cs1. The highest BCUT2D eigenvalue weighted by atomic mass is 32.1. The quantitative estimate of drug-likeness (QED) is 0.616. The molecule has 2 amide bonds. The third-order valence-electron chi connectivity index (χ3n) is 4.21. The van der Waals surface area contributed by atoms with Gasteiger partial charge in [0.1, 0.15) is 0 Å². The Morgan fingerprint density at radius 1 is 1.07 bits per heavy atom. The smallest absolute Gasteiger partial charge is 0.248 e. The Morgan fingerprint density at radius 2 is 1.82 bits per heavy atom. The molecular weight excluding hydrogens is 370 g/mol. The maximum absolute atomic E-state index is 12.2. The van der Waals surface area contributed by atoms with E-state index in [1.54, 1.807) is 11.0 Å². The molecule has 2 aromatic carbocycles. The van der Waals surface area contributed by atoms with E-state index in [1.807, 2.05) is 67.8 Å². The molecule has 3 aromatic rings. The van der Waals surface area contributed by atoms with Crippen LogP contribution in [0.15, 0.2) is 60.0 Å². The van der Waals surface area contributed by atoms with Crippen LogP contribution in [-0.2, 0) is 9.59 Å². The molecule has 0 aliphatic heterocycles. The van der Waals surface area contributed by atoms with Crippen molar-refractivity contribution < 1.29 is 9.59 Å². The summed E-state index contributed by atoms with van der Waals surface area (Å²) in [4.78, 5) is 30.3. The van der Waals surface area contributed by atoms with Crippen molar-refractivity contribution in [3.63, 3.8) is 0 Å². The predicted octanol–water partition coefficient (Wildman–Crippen LogP) is 5.10. The number of rotatable bonds is 5. The highest BCUT2D eigenvalue weighted by molar-refractivity contribution is 7.14. The number of para-hydroxylation sites is 1. The first-order chi connectivity index (χ1) is 13.4. The first kappa shape index (κ1) is 19.5. The van der Waals surface area contributed by atoms with E-state index in [0.29, 0.717) is 10.8 Å². The van der Waals surface area contributed by atoms with E-state index in [0.717, 1.165) is 16.9 Å². The Morgan fingerprint density at radius 3 is 2.50 bits per heavy atom. The molecule has 0 aliphatic carbocycles. The van der Waals surface area contributed by atoms with Gasteiger partial charge in [-0.2, -0.15) is 0 Å². The minimum Gasteiger partial charge on any atom is -0.323 e. The number of amides is 2. The number of thiazole rings is 1.